The lowest BCUT2D eigenvalue weighted by molar-refractivity contribution is 0.0800. The number of hydrogen-bond acceptors (Lipinski definition) is 5. The summed E-state index contributed by atoms with van der Waals surface area (Å²) in [6.45, 7) is 4.82. The van der Waals surface area contributed by atoms with Gasteiger partial charge in [-0.2, -0.15) is 0 Å². The smallest absolute Gasteiger partial charge is 0.327 e. The van der Waals surface area contributed by atoms with Crippen LogP contribution in [0, 0.1) is 19.3 Å². The van der Waals surface area contributed by atoms with Gasteiger partial charge in [0.15, 0.2) is 0 Å². The summed E-state index contributed by atoms with van der Waals surface area (Å²) in [5, 5.41) is 7.08. The minimum Gasteiger partial charge on any atom is -0.354 e. The molecule has 0 radical (unpaired) electrons. The fourth-order valence-electron chi connectivity index (χ4n) is 3.83. The predicted molar refractivity (Wildman–Crippen MR) is 134 cm³/mol. The Morgan fingerprint density at radius 1 is 1.24 bits per heavy atom. The monoisotopic (exact) mass is 459 g/mol. The largest absolute Gasteiger partial charge is 0.354 e. The molecule has 1 aromatic carbocycles. The molecule has 2 amide bonds. The number of terminal acetylenes is 1. The summed E-state index contributed by atoms with van der Waals surface area (Å²) in [6, 6.07) is 11.3. The highest BCUT2D eigenvalue weighted by atomic mass is 32.1. The number of benzene rings is 1. The second kappa shape index (κ2) is 9.35. The van der Waals surface area contributed by atoms with Crippen molar-refractivity contribution in [3.63, 3.8) is 0 Å². The number of aryl methyl sites for hydroxylation is 1. The zero-order valence-electron chi connectivity index (χ0n) is 18.8. The zero-order valence-corrected chi connectivity index (χ0v) is 19.6. The molecule has 3 heterocycles. The van der Waals surface area contributed by atoms with Crippen molar-refractivity contribution in [3.8, 4) is 12.3 Å². The lowest BCUT2D eigenvalue weighted by Gasteiger charge is -2.14. The molecule has 4 rings (SSSR count). The van der Waals surface area contributed by atoms with Gasteiger partial charge in [0.2, 0.25) is 0 Å². The quantitative estimate of drug-likeness (QED) is 0.399. The molecular weight excluding hydrogens is 434 g/mol. The predicted octanol–water partition coefficient (Wildman–Crippen LogP) is 4.98. The van der Waals surface area contributed by atoms with Crippen LogP contribution in [0.25, 0.3) is 21.1 Å². The molecule has 0 bridgehead atoms. The van der Waals surface area contributed by atoms with Gasteiger partial charge in [-0.3, -0.25) is 14.3 Å². The lowest BCUT2D eigenvalue weighted by Crippen LogP contribution is -2.29. The number of amides is 2. The van der Waals surface area contributed by atoms with E-state index in [0.717, 1.165) is 44.6 Å². The topological polar surface area (TPSA) is 79.3 Å². The van der Waals surface area contributed by atoms with E-state index in [1.54, 1.807) is 15.7 Å². The van der Waals surface area contributed by atoms with E-state index in [2.05, 4.69) is 28.5 Å². The highest BCUT2D eigenvalue weighted by Gasteiger charge is 2.17. The number of carbonyl (C=O) groups excluding carboxylic acids is 2. The van der Waals surface area contributed by atoms with Crippen molar-refractivity contribution >= 4 is 55.8 Å². The van der Waals surface area contributed by atoms with Crippen LogP contribution in [0.1, 0.15) is 28.7 Å². The van der Waals surface area contributed by atoms with E-state index in [4.69, 9.17) is 6.42 Å². The second-order valence-corrected chi connectivity index (χ2v) is 8.84. The van der Waals surface area contributed by atoms with Crippen molar-refractivity contribution in [2.45, 2.75) is 20.3 Å². The van der Waals surface area contributed by atoms with E-state index in [1.165, 1.54) is 11.3 Å². The molecule has 3 aromatic heterocycles. The summed E-state index contributed by atoms with van der Waals surface area (Å²) in [6.07, 6.45) is 7.90. The van der Waals surface area contributed by atoms with Crippen LogP contribution < -0.4 is 10.6 Å². The summed E-state index contributed by atoms with van der Waals surface area (Å²) >= 11 is 1.44. The molecule has 0 aliphatic carbocycles. The Labute approximate surface area is 196 Å². The first kappa shape index (κ1) is 22.4. The summed E-state index contributed by atoms with van der Waals surface area (Å²) in [7, 11) is 1.82. The molecular formula is C25H25N5O2S. The Morgan fingerprint density at radius 2 is 2.06 bits per heavy atom. The van der Waals surface area contributed by atoms with Gasteiger partial charge in [-0.1, -0.05) is 12.8 Å². The Hall–Kier alpha value is -3.83. The average molecular weight is 460 g/mol. The van der Waals surface area contributed by atoms with Crippen LogP contribution in [0.4, 0.5) is 16.2 Å². The SMILES string of the molecule is C#CCNC(=O)n1c(C)cc2cc(Nc3ccnc4cc(C(=O)N(C)CCC)sc34)ccc21. The highest BCUT2D eigenvalue weighted by Crippen LogP contribution is 2.34. The molecule has 33 heavy (non-hydrogen) atoms. The number of thiophene rings is 1. The van der Waals surface area contributed by atoms with E-state index >= 15 is 0 Å². The van der Waals surface area contributed by atoms with Crippen molar-refractivity contribution < 1.29 is 9.59 Å². The maximum atomic E-state index is 12.7. The van der Waals surface area contributed by atoms with E-state index in [-0.39, 0.29) is 18.5 Å². The Kier molecular flexibility index (Phi) is 6.33. The average Bonchev–Trinajstić information content (AvgIpc) is 3.38. The molecule has 168 valence electrons. The van der Waals surface area contributed by atoms with Gasteiger partial charge in [0.25, 0.3) is 5.91 Å². The number of fused-ring (bicyclic) bond motifs is 2. The van der Waals surface area contributed by atoms with Gasteiger partial charge in [0.05, 0.1) is 32.8 Å². The van der Waals surface area contributed by atoms with Crippen molar-refractivity contribution in [1.29, 1.82) is 0 Å². The molecule has 8 heteroatoms. The van der Waals surface area contributed by atoms with Crippen molar-refractivity contribution in [1.82, 2.24) is 19.8 Å². The fourth-order valence-corrected chi connectivity index (χ4v) is 4.91. The Balaban J connectivity index is 1.64. The van der Waals surface area contributed by atoms with Crippen LogP contribution >= 0.6 is 11.3 Å². The van der Waals surface area contributed by atoms with Gasteiger partial charge in [0.1, 0.15) is 0 Å². The zero-order chi connectivity index (χ0) is 23.5. The maximum absolute atomic E-state index is 12.7. The highest BCUT2D eigenvalue weighted by molar-refractivity contribution is 7.21. The van der Waals surface area contributed by atoms with Crippen molar-refractivity contribution in [2.24, 2.45) is 0 Å². The number of anilines is 2. The first-order valence-electron chi connectivity index (χ1n) is 10.7. The number of pyridine rings is 1. The fraction of sp³-hybridized carbons (Fsp3) is 0.240. The molecule has 4 aromatic rings. The van der Waals surface area contributed by atoms with Gasteiger partial charge < -0.3 is 15.5 Å². The molecule has 0 spiro atoms. The molecule has 0 fully saturated rings. The molecule has 0 aliphatic heterocycles. The maximum Gasteiger partial charge on any atom is 0.327 e. The van der Waals surface area contributed by atoms with E-state index in [1.807, 2.05) is 50.4 Å². The molecule has 0 saturated heterocycles. The van der Waals surface area contributed by atoms with Crippen LogP contribution in [-0.2, 0) is 0 Å². The molecule has 0 aliphatic rings. The minimum atomic E-state index is -0.249. The van der Waals surface area contributed by atoms with Gasteiger partial charge >= 0.3 is 6.03 Å². The standard InChI is InChI=1S/C25H25N5O2S/c1-5-10-27-25(32)30-16(3)13-17-14-18(7-8-21(17)30)28-19-9-11-26-20-15-22(33-23(19)20)24(31)29(4)12-6-2/h1,7-9,11,13-15H,6,10,12H2,2-4H3,(H,26,28)(H,27,32). The van der Waals surface area contributed by atoms with Crippen molar-refractivity contribution in [3.05, 3.63) is 53.2 Å². The van der Waals surface area contributed by atoms with Crippen LogP contribution in [0.3, 0.4) is 0 Å². The Bertz CT molecular complexity index is 1400. The van der Waals surface area contributed by atoms with Crippen LogP contribution in [0.2, 0.25) is 0 Å². The first-order valence-corrected chi connectivity index (χ1v) is 11.5. The van der Waals surface area contributed by atoms with Gasteiger partial charge in [0, 0.05) is 36.6 Å². The van der Waals surface area contributed by atoms with Gasteiger partial charge in [-0.15, -0.1) is 17.8 Å². The molecule has 0 atom stereocenters. The summed E-state index contributed by atoms with van der Waals surface area (Å²) in [4.78, 5) is 32.0. The van der Waals surface area contributed by atoms with E-state index < -0.39 is 0 Å². The third kappa shape index (κ3) is 4.41. The number of hydrogen-bond donors (Lipinski definition) is 2. The van der Waals surface area contributed by atoms with E-state index in [0.29, 0.717) is 11.4 Å². The Morgan fingerprint density at radius 3 is 2.82 bits per heavy atom. The normalized spacial score (nSPS) is 10.8. The number of aromatic nitrogens is 2. The van der Waals surface area contributed by atoms with Crippen LogP contribution in [0.5, 0.6) is 0 Å². The summed E-state index contributed by atoms with van der Waals surface area (Å²) in [5.74, 6) is 2.42. The number of carbonyl (C=O) groups is 2. The number of nitrogens with zero attached hydrogens (tertiary/aromatic N) is 3. The van der Waals surface area contributed by atoms with E-state index in [9.17, 15) is 9.59 Å². The molecule has 7 nitrogen and oxygen atoms in total. The summed E-state index contributed by atoms with van der Waals surface area (Å²) < 4.78 is 2.54. The molecule has 0 saturated carbocycles. The molecule has 0 unspecified atom stereocenters. The van der Waals surface area contributed by atoms with Gasteiger partial charge in [-0.05, 0) is 49.7 Å². The van der Waals surface area contributed by atoms with Crippen LogP contribution in [-0.4, -0.2) is 46.5 Å². The number of nitrogens with one attached hydrogen (secondary N) is 2. The second-order valence-electron chi connectivity index (χ2n) is 7.79. The third-order valence-corrected chi connectivity index (χ3v) is 6.48. The van der Waals surface area contributed by atoms with Crippen molar-refractivity contribution in [2.75, 3.05) is 25.5 Å². The number of rotatable bonds is 6. The lowest BCUT2D eigenvalue weighted by atomic mass is 10.2. The van der Waals surface area contributed by atoms with Crippen LogP contribution in [0.15, 0.2) is 42.6 Å². The third-order valence-electron chi connectivity index (χ3n) is 5.34. The van der Waals surface area contributed by atoms with Gasteiger partial charge in [-0.25, -0.2) is 4.79 Å². The first-order chi connectivity index (χ1) is 15.9. The minimum absolute atomic E-state index is 0.00662. The molecule has 2 N–H and O–H groups in total. The summed E-state index contributed by atoms with van der Waals surface area (Å²) in [5.41, 5.74) is 4.16.